The van der Waals surface area contributed by atoms with Gasteiger partial charge in [-0.3, -0.25) is 4.79 Å². The highest BCUT2D eigenvalue weighted by atomic mass is 16.5. The van der Waals surface area contributed by atoms with Gasteiger partial charge >= 0.3 is 0 Å². The van der Waals surface area contributed by atoms with Crippen LogP contribution in [0.15, 0.2) is 48.5 Å². The topological polar surface area (TPSA) is 41.6 Å². The van der Waals surface area contributed by atoms with E-state index in [1.807, 2.05) is 50.5 Å². The normalized spacial score (nSPS) is 13.9. The maximum Gasteiger partial charge on any atom is 0.255 e. The molecule has 0 aliphatic heterocycles. The first-order chi connectivity index (χ1) is 11.6. The van der Waals surface area contributed by atoms with Crippen molar-refractivity contribution in [3.05, 3.63) is 59.7 Å². The molecule has 1 aliphatic rings. The standard InChI is InChI=1S/C20H24N2O2/c1-22(2)16-12-10-15(11-13-16)14-21-20(23)18-8-3-4-9-19(18)24-17-6-5-7-17/h3-4,8-13,17H,5-7,14H2,1-2H3,(H,21,23). The molecule has 0 aromatic heterocycles. The molecule has 4 nitrogen and oxygen atoms in total. The molecule has 24 heavy (non-hydrogen) atoms. The van der Waals surface area contributed by atoms with Gasteiger partial charge in [-0.2, -0.15) is 0 Å². The average Bonchev–Trinajstić information content (AvgIpc) is 2.56. The van der Waals surface area contributed by atoms with Crippen LogP contribution >= 0.6 is 0 Å². The first kappa shape index (κ1) is 16.4. The Hall–Kier alpha value is -2.49. The van der Waals surface area contributed by atoms with Gasteiger partial charge in [0.05, 0.1) is 11.7 Å². The summed E-state index contributed by atoms with van der Waals surface area (Å²) in [6.45, 7) is 0.504. The SMILES string of the molecule is CN(C)c1ccc(CNC(=O)c2ccccc2OC2CCC2)cc1. The lowest BCUT2D eigenvalue weighted by molar-refractivity contribution is 0.0925. The Labute approximate surface area is 143 Å². The maximum absolute atomic E-state index is 12.5. The fourth-order valence-corrected chi connectivity index (χ4v) is 2.61. The number of hydrogen-bond donors (Lipinski definition) is 1. The Morgan fingerprint density at radius 1 is 1.12 bits per heavy atom. The lowest BCUT2D eigenvalue weighted by atomic mass is 9.96. The highest BCUT2D eigenvalue weighted by molar-refractivity contribution is 5.96. The fourth-order valence-electron chi connectivity index (χ4n) is 2.61. The lowest BCUT2D eigenvalue weighted by Gasteiger charge is -2.27. The van der Waals surface area contributed by atoms with Crippen molar-refractivity contribution in [2.24, 2.45) is 0 Å². The molecule has 0 bridgehead atoms. The molecular formula is C20H24N2O2. The number of nitrogens with one attached hydrogen (secondary N) is 1. The van der Waals surface area contributed by atoms with Crippen LogP contribution in [-0.4, -0.2) is 26.1 Å². The summed E-state index contributed by atoms with van der Waals surface area (Å²) < 4.78 is 5.93. The average molecular weight is 324 g/mol. The van der Waals surface area contributed by atoms with Gasteiger partial charge in [-0.1, -0.05) is 24.3 Å². The number of anilines is 1. The van der Waals surface area contributed by atoms with Crippen LogP contribution in [0.5, 0.6) is 5.75 Å². The Balaban J connectivity index is 1.62. The molecule has 1 saturated carbocycles. The molecule has 126 valence electrons. The van der Waals surface area contributed by atoms with E-state index in [0.717, 1.165) is 24.1 Å². The number of benzene rings is 2. The predicted octanol–water partition coefficient (Wildman–Crippen LogP) is 3.61. The molecule has 0 unspecified atom stereocenters. The first-order valence-electron chi connectivity index (χ1n) is 8.43. The van der Waals surface area contributed by atoms with E-state index in [1.54, 1.807) is 0 Å². The summed E-state index contributed by atoms with van der Waals surface area (Å²) in [5.41, 5.74) is 2.82. The van der Waals surface area contributed by atoms with Gasteiger partial charge in [0.15, 0.2) is 0 Å². The summed E-state index contributed by atoms with van der Waals surface area (Å²) in [7, 11) is 4.02. The number of carbonyl (C=O) groups is 1. The number of nitrogens with zero attached hydrogens (tertiary/aromatic N) is 1. The molecule has 0 radical (unpaired) electrons. The first-order valence-corrected chi connectivity index (χ1v) is 8.43. The second-order valence-corrected chi connectivity index (χ2v) is 6.41. The van der Waals surface area contributed by atoms with Crippen molar-refractivity contribution in [2.75, 3.05) is 19.0 Å². The van der Waals surface area contributed by atoms with Crippen molar-refractivity contribution in [2.45, 2.75) is 31.9 Å². The zero-order chi connectivity index (χ0) is 16.9. The van der Waals surface area contributed by atoms with E-state index in [0.29, 0.717) is 17.9 Å². The minimum atomic E-state index is -0.0957. The zero-order valence-corrected chi connectivity index (χ0v) is 14.3. The Kier molecular flexibility index (Phi) is 5.04. The van der Waals surface area contributed by atoms with Gasteiger partial charge < -0.3 is 15.0 Å². The van der Waals surface area contributed by atoms with Crippen LogP contribution < -0.4 is 15.0 Å². The molecule has 4 heteroatoms. The van der Waals surface area contributed by atoms with Crippen molar-refractivity contribution >= 4 is 11.6 Å². The third kappa shape index (κ3) is 3.88. The molecule has 0 heterocycles. The summed E-state index contributed by atoms with van der Waals surface area (Å²) in [6.07, 6.45) is 3.63. The summed E-state index contributed by atoms with van der Waals surface area (Å²) >= 11 is 0. The zero-order valence-electron chi connectivity index (χ0n) is 14.3. The minimum absolute atomic E-state index is 0.0957. The molecule has 0 spiro atoms. The third-order valence-electron chi connectivity index (χ3n) is 4.38. The van der Waals surface area contributed by atoms with Crippen LogP contribution in [-0.2, 0) is 6.54 Å². The van der Waals surface area contributed by atoms with Gasteiger partial charge in [0.1, 0.15) is 5.75 Å². The van der Waals surface area contributed by atoms with Gasteiger partial charge in [-0.05, 0) is 49.1 Å². The quantitative estimate of drug-likeness (QED) is 0.882. The molecule has 1 amide bonds. The monoisotopic (exact) mass is 324 g/mol. The summed E-state index contributed by atoms with van der Waals surface area (Å²) in [5, 5.41) is 2.98. The third-order valence-corrected chi connectivity index (χ3v) is 4.38. The minimum Gasteiger partial charge on any atom is -0.490 e. The Morgan fingerprint density at radius 2 is 1.83 bits per heavy atom. The van der Waals surface area contributed by atoms with Crippen molar-refractivity contribution in [3.8, 4) is 5.75 Å². The van der Waals surface area contributed by atoms with Crippen LogP contribution in [0.3, 0.4) is 0 Å². The van der Waals surface area contributed by atoms with Crippen molar-refractivity contribution in [3.63, 3.8) is 0 Å². The van der Waals surface area contributed by atoms with Crippen LogP contribution in [0.25, 0.3) is 0 Å². The number of para-hydroxylation sites is 1. The molecule has 3 rings (SSSR count). The molecule has 0 atom stereocenters. The van der Waals surface area contributed by atoms with Gasteiger partial charge in [0.25, 0.3) is 5.91 Å². The summed E-state index contributed by atoms with van der Waals surface area (Å²) in [4.78, 5) is 14.6. The molecule has 1 fully saturated rings. The van der Waals surface area contributed by atoms with Crippen molar-refractivity contribution < 1.29 is 9.53 Å². The van der Waals surface area contributed by atoms with E-state index in [2.05, 4.69) is 22.3 Å². The van der Waals surface area contributed by atoms with Crippen molar-refractivity contribution in [1.82, 2.24) is 5.32 Å². The van der Waals surface area contributed by atoms with Gasteiger partial charge in [0, 0.05) is 26.3 Å². The second kappa shape index (κ2) is 7.39. The molecule has 1 aliphatic carbocycles. The van der Waals surface area contributed by atoms with Crippen LogP contribution in [0, 0.1) is 0 Å². The van der Waals surface area contributed by atoms with Gasteiger partial charge in [-0.15, -0.1) is 0 Å². The van der Waals surface area contributed by atoms with E-state index in [4.69, 9.17) is 4.74 Å². The Morgan fingerprint density at radius 3 is 2.46 bits per heavy atom. The van der Waals surface area contributed by atoms with Gasteiger partial charge in [0.2, 0.25) is 0 Å². The second-order valence-electron chi connectivity index (χ2n) is 6.41. The van der Waals surface area contributed by atoms with E-state index >= 15 is 0 Å². The largest absolute Gasteiger partial charge is 0.490 e. The highest BCUT2D eigenvalue weighted by Crippen LogP contribution is 2.27. The number of carbonyl (C=O) groups excluding carboxylic acids is 1. The number of rotatable bonds is 6. The lowest BCUT2D eigenvalue weighted by Crippen LogP contribution is -2.27. The molecule has 2 aromatic rings. The van der Waals surface area contributed by atoms with Gasteiger partial charge in [-0.25, -0.2) is 0 Å². The van der Waals surface area contributed by atoms with E-state index in [1.165, 1.54) is 6.42 Å². The van der Waals surface area contributed by atoms with Crippen LogP contribution in [0.1, 0.15) is 35.2 Å². The summed E-state index contributed by atoms with van der Waals surface area (Å²) in [5.74, 6) is 0.587. The highest BCUT2D eigenvalue weighted by Gasteiger charge is 2.21. The van der Waals surface area contributed by atoms with E-state index in [-0.39, 0.29) is 12.0 Å². The molecular weight excluding hydrogens is 300 g/mol. The van der Waals surface area contributed by atoms with E-state index < -0.39 is 0 Å². The van der Waals surface area contributed by atoms with E-state index in [9.17, 15) is 4.79 Å². The van der Waals surface area contributed by atoms with Crippen molar-refractivity contribution in [1.29, 1.82) is 0 Å². The maximum atomic E-state index is 12.5. The molecule has 1 N–H and O–H groups in total. The predicted molar refractivity (Wildman–Crippen MR) is 96.6 cm³/mol. The van der Waals surface area contributed by atoms with Crippen LogP contribution in [0.4, 0.5) is 5.69 Å². The smallest absolute Gasteiger partial charge is 0.255 e. The molecule has 0 saturated heterocycles. The number of ether oxygens (including phenoxy) is 1. The van der Waals surface area contributed by atoms with Crippen LogP contribution in [0.2, 0.25) is 0 Å². The number of amides is 1. The fraction of sp³-hybridized carbons (Fsp3) is 0.350. The molecule has 2 aromatic carbocycles. The summed E-state index contributed by atoms with van der Waals surface area (Å²) in [6, 6.07) is 15.6. The Bertz CT molecular complexity index is 691. The number of hydrogen-bond acceptors (Lipinski definition) is 3.